The summed E-state index contributed by atoms with van der Waals surface area (Å²) in [4.78, 5) is 0. The highest BCUT2D eigenvalue weighted by atomic mass is 32.1. The minimum absolute atomic E-state index is 0.774. The Morgan fingerprint density at radius 3 is 1.43 bits per heavy atom. The van der Waals surface area contributed by atoms with Crippen LogP contribution in [0.15, 0.2) is 92.1 Å². The minimum Gasteiger partial charge on any atom is -0.381 e. The molecule has 2 aromatic carbocycles. The number of azo groups is 2. The van der Waals surface area contributed by atoms with Gasteiger partial charge in [0.2, 0.25) is 0 Å². The number of hydrogen-bond donors (Lipinski definition) is 0. The summed E-state index contributed by atoms with van der Waals surface area (Å²) in [7, 11) is 3.93. The van der Waals surface area contributed by atoms with Gasteiger partial charge in [-0.15, -0.1) is 0 Å². The lowest BCUT2D eigenvalue weighted by Gasteiger charge is -2.05. The molecule has 2 heterocycles. The Kier molecular flexibility index (Phi) is 9.33. The second-order valence-corrected chi connectivity index (χ2v) is 9.89. The van der Waals surface area contributed by atoms with Gasteiger partial charge in [0.15, 0.2) is 0 Å². The maximum absolute atomic E-state index is 5.84. The van der Waals surface area contributed by atoms with Crippen molar-refractivity contribution in [3.05, 3.63) is 82.8 Å². The Morgan fingerprint density at radius 2 is 1.06 bits per heavy atom. The molecule has 7 nitrogen and oxygen atoms in total. The quantitative estimate of drug-likeness (QED) is 0.117. The molecule has 0 saturated carbocycles. The van der Waals surface area contributed by atoms with Crippen molar-refractivity contribution in [2.24, 2.45) is 34.6 Å². The summed E-state index contributed by atoms with van der Waals surface area (Å²) < 4.78 is 9.75. The van der Waals surface area contributed by atoms with E-state index in [-0.39, 0.29) is 0 Å². The highest BCUT2D eigenvalue weighted by Crippen LogP contribution is 2.21. The number of nitrogens with zero attached hydrogens (tertiary/aromatic N) is 6. The SMILES string of the molecule is C[n+]1ccsc1N=Nc1ccc(CCCOCCCc2ccc(N=Nc3scc[n+]3C)cc2)cc1. The van der Waals surface area contributed by atoms with Crippen LogP contribution in [-0.4, -0.2) is 13.2 Å². The van der Waals surface area contributed by atoms with E-state index in [4.69, 9.17) is 4.74 Å². The molecule has 0 bridgehead atoms. The van der Waals surface area contributed by atoms with Gasteiger partial charge in [0.05, 0.1) is 24.3 Å². The largest absolute Gasteiger partial charge is 0.408 e. The van der Waals surface area contributed by atoms with Crippen LogP contribution < -0.4 is 9.13 Å². The average molecular weight is 507 g/mol. The van der Waals surface area contributed by atoms with Gasteiger partial charge in [-0.1, -0.05) is 24.3 Å². The lowest BCUT2D eigenvalue weighted by Crippen LogP contribution is -2.23. The number of rotatable bonds is 12. The van der Waals surface area contributed by atoms with Gasteiger partial charge in [-0.25, -0.2) is 9.13 Å². The first-order valence-electron chi connectivity index (χ1n) is 11.6. The van der Waals surface area contributed by atoms with Crippen LogP contribution in [0.3, 0.4) is 0 Å². The molecule has 0 N–H and O–H groups in total. The van der Waals surface area contributed by atoms with Crippen LogP contribution in [0.2, 0.25) is 0 Å². The normalized spacial score (nSPS) is 11.7. The third kappa shape index (κ3) is 7.95. The van der Waals surface area contributed by atoms with Gasteiger partial charge in [-0.3, -0.25) is 0 Å². The number of aryl methyl sites for hydroxylation is 4. The molecule has 0 unspecified atom stereocenters. The van der Waals surface area contributed by atoms with Gasteiger partial charge >= 0.3 is 10.3 Å². The van der Waals surface area contributed by atoms with Crippen molar-refractivity contribution in [2.75, 3.05) is 13.2 Å². The molecule has 4 rings (SSSR count). The van der Waals surface area contributed by atoms with E-state index in [9.17, 15) is 0 Å². The highest BCUT2D eigenvalue weighted by Gasteiger charge is 2.08. The smallest absolute Gasteiger partial charge is 0.381 e. The van der Waals surface area contributed by atoms with E-state index in [2.05, 4.69) is 44.7 Å². The van der Waals surface area contributed by atoms with Gasteiger partial charge in [0.25, 0.3) is 0 Å². The Balaban J connectivity index is 1.09. The van der Waals surface area contributed by atoms with Crippen LogP contribution in [0.4, 0.5) is 21.6 Å². The van der Waals surface area contributed by atoms with E-state index in [1.54, 1.807) is 22.7 Å². The van der Waals surface area contributed by atoms with Gasteiger partial charge in [0, 0.05) is 24.0 Å². The third-order valence-electron chi connectivity index (χ3n) is 5.40. The first kappa shape index (κ1) is 25.0. The molecule has 0 saturated heterocycles. The monoisotopic (exact) mass is 506 g/mol. The minimum atomic E-state index is 0.774. The fourth-order valence-electron chi connectivity index (χ4n) is 3.37. The first-order valence-corrected chi connectivity index (χ1v) is 13.4. The summed E-state index contributed by atoms with van der Waals surface area (Å²) in [6.45, 7) is 1.55. The predicted molar refractivity (Wildman–Crippen MR) is 140 cm³/mol. The molecule has 0 spiro atoms. The van der Waals surface area contributed by atoms with Crippen molar-refractivity contribution in [1.82, 2.24) is 0 Å². The molecule has 0 aliphatic heterocycles. The van der Waals surface area contributed by atoms with E-state index in [1.165, 1.54) is 11.1 Å². The standard InChI is InChI=1S/C26H30N6OS2/c1-31-15-19-34-25(31)29-27-23-11-7-21(8-12-23)5-3-17-33-18-4-6-22-9-13-24(14-10-22)28-30-26-32(2)16-20-35-26/h7-16,19-20H,3-6,17-18H2,1-2H3/q+2. The Bertz CT molecular complexity index is 1150. The van der Waals surface area contributed by atoms with Crippen molar-refractivity contribution >= 4 is 44.3 Å². The molecular weight excluding hydrogens is 476 g/mol. The molecule has 0 aliphatic carbocycles. The molecule has 9 heteroatoms. The Morgan fingerprint density at radius 1 is 0.629 bits per heavy atom. The summed E-state index contributed by atoms with van der Waals surface area (Å²) >= 11 is 3.15. The zero-order chi connectivity index (χ0) is 24.3. The molecule has 0 amide bonds. The molecule has 0 aliphatic rings. The Labute approximate surface area is 214 Å². The number of hydrogen-bond acceptors (Lipinski definition) is 7. The fourth-order valence-corrected chi connectivity index (χ4v) is 4.73. The van der Waals surface area contributed by atoms with Gasteiger partial charge in [-0.05, 0) is 94.0 Å². The van der Waals surface area contributed by atoms with Crippen LogP contribution >= 0.6 is 22.7 Å². The molecule has 180 valence electrons. The maximum Gasteiger partial charge on any atom is 0.408 e. The van der Waals surface area contributed by atoms with Crippen molar-refractivity contribution < 1.29 is 13.9 Å². The zero-order valence-corrected chi connectivity index (χ0v) is 21.7. The molecule has 0 radical (unpaired) electrons. The van der Waals surface area contributed by atoms with E-state index < -0.39 is 0 Å². The average Bonchev–Trinajstić information content (AvgIpc) is 3.49. The maximum atomic E-state index is 5.84. The van der Waals surface area contributed by atoms with E-state index in [0.717, 1.165) is 60.5 Å². The third-order valence-corrected chi connectivity index (χ3v) is 7.08. The van der Waals surface area contributed by atoms with Gasteiger partial charge in [-0.2, -0.15) is 0 Å². The highest BCUT2D eigenvalue weighted by molar-refractivity contribution is 7.13. The molecule has 4 aromatic rings. The Hall–Kier alpha value is -3.14. The number of benzene rings is 2. The molecule has 35 heavy (non-hydrogen) atoms. The fraction of sp³-hybridized carbons (Fsp3) is 0.308. The van der Waals surface area contributed by atoms with E-state index in [1.807, 2.05) is 70.6 Å². The second kappa shape index (κ2) is 13.1. The summed E-state index contributed by atoms with van der Waals surface area (Å²) in [5.41, 5.74) is 4.32. The van der Waals surface area contributed by atoms with Crippen molar-refractivity contribution in [3.8, 4) is 0 Å². The topological polar surface area (TPSA) is 66.4 Å². The first-order chi connectivity index (χ1) is 17.2. The molecule has 2 aromatic heterocycles. The molecule has 0 fully saturated rings. The summed E-state index contributed by atoms with van der Waals surface area (Å²) in [5.74, 6) is 0. The van der Waals surface area contributed by atoms with Crippen molar-refractivity contribution in [3.63, 3.8) is 0 Å². The van der Waals surface area contributed by atoms with E-state index >= 15 is 0 Å². The van der Waals surface area contributed by atoms with E-state index in [0.29, 0.717) is 0 Å². The van der Waals surface area contributed by atoms with Crippen molar-refractivity contribution in [2.45, 2.75) is 25.7 Å². The second-order valence-electron chi connectivity index (χ2n) is 8.15. The summed E-state index contributed by atoms with van der Waals surface area (Å²) in [6, 6.07) is 16.5. The molecular formula is C26H30N6OS2+2. The zero-order valence-electron chi connectivity index (χ0n) is 20.1. The van der Waals surface area contributed by atoms with Crippen LogP contribution in [0.5, 0.6) is 0 Å². The molecule has 0 atom stereocenters. The van der Waals surface area contributed by atoms with Crippen LogP contribution in [0.1, 0.15) is 24.0 Å². The number of ether oxygens (including phenoxy) is 1. The number of thiazole rings is 2. The predicted octanol–water partition coefficient (Wildman–Crippen LogP) is 6.87. The summed E-state index contributed by atoms with van der Waals surface area (Å²) in [6.07, 6.45) is 7.96. The lowest BCUT2D eigenvalue weighted by molar-refractivity contribution is -0.654. The van der Waals surface area contributed by atoms with Gasteiger partial charge < -0.3 is 4.74 Å². The summed E-state index contributed by atoms with van der Waals surface area (Å²) in [5, 5.41) is 23.0. The van der Waals surface area contributed by atoms with Crippen LogP contribution in [0.25, 0.3) is 0 Å². The van der Waals surface area contributed by atoms with Crippen LogP contribution in [0, 0.1) is 0 Å². The number of aromatic nitrogens is 2. The van der Waals surface area contributed by atoms with Crippen molar-refractivity contribution in [1.29, 1.82) is 0 Å². The van der Waals surface area contributed by atoms with Gasteiger partial charge in [0.1, 0.15) is 23.8 Å². The lowest BCUT2D eigenvalue weighted by atomic mass is 10.1. The van der Waals surface area contributed by atoms with Crippen LogP contribution in [-0.2, 0) is 31.7 Å².